The van der Waals surface area contributed by atoms with Gasteiger partial charge in [-0.2, -0.15) is 11.8 Å². The first-order valence-electron chi connectivity index (χ1n) is 7.81. The molecule has 1 unspecified atom stereocenters. The van der Waals surface area contributed by atoms with Crippen molar-refractivity contribution in [1.82, 2.24) is 10.6 Å². The smallest absolute Gasteiger partial charge is 0.319 e. The molecule has 0 saturated carbocycles. The molecule has 1 aliphatic heterocycles. The van der Waals surface area contributed by atoms with Crippen LogP contribution in [0.15, 0.2) is 24.3 Å². The maximum absolute atomic E-state index is 12.0. The van der Waals surface area contributed by atoms with E-state index in [1.54, 1.807) is 24.3 Å². The van der Waals surface area contributed by atoms with Gasteiger partial charge in [0.2, 0.25) is 5.91 Å². The second-order valence-corrected chi connectivity index (χ2v) is 6.96. The largest absolute Gasteiger partial charge is 0.336 e. The highest BCUT2D eigenvalue weighted by Crippen LogP contribution is 2.15. The molecule has 126 valence electrons. The lowest BCUT2D eigenvalue weighted by Gasteiger charge is -2.22. The normalized spacial score (nSPS) is 17.6. The summed E-state index contributed by atoms with van der Waals surface area (Å²) in [6.07, 6.45) is 0.476. The number of hydrogen-bond acceptors (Lipinski definition) is 4. The summed E-state index contributed by atoms with van der Waals surface area (Å²) in [6, 6.07) is 7.19. The molecular weight excluding hydrogens is 312 g/mol. The Morgan fingerprint density at radius 3 is 2.43 bits per heavy atom. The third kappa shape index (κ3) is 6.50. The van der Waals surface area contributed by atoms with Crippen molar-refractivity contribution in [3.63, 3.8) is 0 Å². The van der Waals surface area contributed by atoms with Crippen LogP contribution in [0.2, 0.25) is 0 Å². The van der Waals surface area contributed by atoms with Crippen LogP contribution >= 0.6 is 11.8 Å². The Bertz CT molecular complexity index is 527. The van der Waals surface area contributed by atoms with Crippen LogP contribution in [0.4, 0.5) is 16.2 Å². The van der Waals surface area contributed by atoms with Gasteiger partial charge in [0, 0.05) is 47.9 Å². The maximum atomic E-state index is 12.0. The van der Waals surface area contributed by atoms with Gasteiger partial charge < -0.3 is 21.3 Å². The van der Waals surface area contributed by atoms with Gasteiger partial charge in [-0.1, -0.05) is 0 Å². The van der Waals surface area contributed by atoms with Crippen molar-refractivity contribution in [2.45, 2.75) is 32.4 Å². The lowest BCUT2D eigenvalue weighted by molar-refractivity contribution is -0.116. The summed E-state index contributed by atoms with van der Waals surface area (Å²) in [5, 5.41) is 11.7. The fourth-order valence-corrected chi connectivity index (χ4v) is 3.20. The number of carbonyl (C=O) groups is 2. The highest BCUT2D eigenvalue weighted by molar-refractivity contribution is 7.99. The number of amides is 3. The molecule has 0 aliphatic carbocycles. The van der Waals surface area contributed by atoms with E-state index in [0.717, 1.165) is 23.7 Å². The number of benzene rings is 1. The molecule has 4 N–H and O–H groups in total. The van der Waals surface area contributed by atoms with Gasteiger partial charge in [-0.25, -0.2) is 4.79 Å². The Kier molecular flexibility index (Phi) is 6.73. The van der Waals surface area contributed by atoms with Crippen molar-refractivity contribution >= 4 is 35.1 Å². The predicted molar refractivity (Wildman–Crippen MR) is 96.1 cm³/mol. The number of thioether (sulfide) groups is 1. The van der Waals surface area contributed by atoms with E-state index in [2.05, 4.69) is 21.3 Å². The van der Waals surface area contributed by atoms with Crippen molar-refractivity contribution in [2.24, 2.45) is 0 Å². The van der Waals surface area contributed by atoms with E-state index >= 15 is 0 Å². The average Bonchev–Trinajstić information content (AvgIpc) is 2.49. The summed E-state index contributed by atoms with van der Waals surface area (Å²) < 4.78 is 0. The fourth-order valence-electron chi connectivity index (χ4n) is 2.25. The summed E-state index contributed by atoms with van der Waals surface area (Å²) in [7, 11) is 0. The van der Waals surface area contributed by atoms with Gasteiger partial charge in [-0.3, -0.25) is 4.79 Å². The molecule has 0 bridgehead atoms. The van der Waals surface area contributed by atoms with E-state index in [-0.39, 0.29) is 24.0 Å². The maximum Gasteiger partial charge on any atom is 0.319 e. The van der Waals surface area contributed by atoms with Crippen LogP contribution < -0.4 is 21.3 Å². The van der Waals surface area contributed by atoms with Crippen molar-refractivity contribution in [1.29, 1.82) is 0 Å². The molecule has 1 aromatic rings. The van der Waals surface area contributed by atoms with Crippen molar-refractivity contribution < 1.29 is 9.59 Å². The van der Waals surface area contributed by atoms with Crippen molar-refractivity contribution in [3.05, 3.63) is 24.3 Å². The third-order valence-corrected chi connectivity index (χ3v) is 4.41. The highest BCUT2D eigenvalue weighted by Gasteiger charge is 2.16. The zero-order chi connectivity index (χ0) is 16.7. The monoisotopic (exact) mass is 336 g/mol. The molecule has 0 radical (unpaired) electrons. The highest BCUT2D eigenvalue weighted by atomic mass is 32.2. The lowest BCUT2D eigenvalue weighted by Crippen LogP contribution is -2.39. The number of anilines is 2. The van der Waals surface area contributed by atoms with E-state index in [0.29, 0.717) is 12.1 Å². The summed E-state index contributed by atoms with van der Waals surface area (Å²) >= 11 is 1.87. The molecular formula is C16H24N4O2S. The molecule has 6 nitrogen and oxygen atoms in total. The first-order chi connectivity index (χ1) is 11.0. The van der Waals surface area contributed by atoms with Gasteiger partial charge in [0.15, 0.2) is 0 Å². The van der Waals surface area contributed by atoms with Crippen LogP contribution in [0.25, 0.3) is 0 Å². The Labute approximate surface area is 141 Å². The Hall–Kier alpha value is -1.73. The quantitative estimate of drug-likeness (QED) is 0.665. The van der Waals surface area contributed by atoms with Gasteiger partial charge >= 0.3 is 6.03 Å². The van der Waals surface area contributed by atoms with Crippen LogP contribution in [0.3, 0.4) is 0 Å². The average molecular weight is 336 g/mol. The van der Waals surface area contributed by atoms with Gasteiger partial charge in [0.1, 0.15) is 0 Å². The molecule has 1 aromatic carbocycles. The van der Waals surface area contributed by atoms with Crippen LogP contribution in [-0.2, 0) is 4.79 Å². The molecule has 1 atom stereocenters. The van der Waals surface area contributed by atoms with E-state index in [1.807, 2.05) is 25.6 Å². The van der Waals surface area contributed by atoms with E-state index < -0.39 is 0 Å². The third-order valence-electron chi connectivity index (χ3n) is 3.28. The number of carbonyl (C=O) groups excluding carboxylic acids is 2. The predicted octanol–water partition coefficient (Wildman–Crippen LogP) is 2.25. The molecule has 23 heavy (non-hydrogen) atoms. The molecule has 0 spiro atoms. The molecule has 2 rings (SSSR count). The van der Waals surface area contributed by atoms with Crippen molar-refractivity contribution in [3.8, 4) is 0 Å². The Balaban J connectivity index is 1.79. The molecule has 1 aliphatic rings. The van der Waals surface area contributed by atoms with Gasteiger partial charge in [0.25, 0.3) is 0 Å². The second-order valence-electron chi connectivity index (χ2n) is 5.81. The first kappa shape index (κ1) is 17.6. The number of rotatable bonds is 5. The van der Waals surface area contributed by atoms with Crippen LogP contribution in [0, 0.1) is 0 Å². The van der Waals surface area contributed by atoms with Gasteiger partial charge in [-0.15, -0.1) is 0 Å². The molecule has 1 saturated heterocycles. The SMILES string of the molecule is CC(C)NC(=O)Nc1ccc(NC(=O)CC2CSCCN2)cc1. The lowest BCUT2D eigenvalue weighted by atomic mass is 10.2. The molecule has 7 heteroatoms. The van der Waals surface area contributed by atoms with Crippen LogP contribution in [-0.4, -0.2) is 42.1 Å². The topological polar surface area (TPSA) is 82.3 Å². The number of urea groups is 1. The van der Waals surface area contributed by atoms with E-state index in [4.69, 9.17) is 0 Å². The Morgan fingerprint density at radius 1 is 1.22 bits per heavy atom. The van der Waals surface area contributed by atoms with Crippen molar-refractivity contribution in [2.75, 3.05) is 28.7 Å². The van der Waals surface area contributed by atoms with Gasteiger partial charge in [0.05, 0.1) is 0 Å². The number of hydrogen-bond donors (Lipinski definition) is 4. The summed E-state index contributed by atoms with van der Waals surface area (Å²) in [5.74, 6) is 2.08. The zero-order valence-electron chi connectivity index (χ0n) is 13.5. The summed E-state index contributed by atoms with van der Waals surface area (Å²) in [4.78, 5) is 23.6. The fraction of sp³-hybridized carbons (Fsp3) is 0.500. The molecule has 0 aromatic heterocycles. The summed E-state index contributed by atoms with van der Waals surface area (Å²) in [6.45, 7) is 4.76. The zero-order valence-corrected chi connectivity index (χ0v) is 14.3. The minimum absolute atomic E-state index is 0.00302. The Morgan fingerprint density at radius 2 is 1.87 bits per heavy atom. The van der Waals surface area contributed by atoms with Crippen LogP contribution in [0.5, 0.6) is 0 Å². The minimum Gasteiger partial charge on any atom is -0.336 e. The molecule has 1 fully saturated rings. The van der Waals surface area contributed by atoms with Crippen LogP contribution in [0.1, 0.15) is 20.3 Å². The van der Waals surface area contributed by atoms with E-state index in [9.17, 15) is 9.59 Å². The standard InChI is InChI=1S/C16H24N4O2S/c1-11(2)18-16(22)20-13-5-3-12(4-6-13)19-15(21)9-14-10-23-8-7-17-14/h3-6,11,14,17H,7-10H2,1-2H3,(H,19,21)(H2,18,20,22). The first-order valence-corrected chi connectivity index (χ1v) is 8.97. The molecule has 3 amide bonds. The molecule has 1 heterocycles. The van der Waals surface area contributed by atoms with E-state index in [1.165, 1.54) is 0 Å². The number of nitrogens with one attached hydrogen (secondary N) is 4. The minimum atomic E-state index is -0.238. The second kappa shape index (κ2) is 8.79. The summed E-state index contributed by atoms with van der Waals surface area (Å²) in [5.41, 5.74) is 1.42. The van der Waals surface area contributed by atoms with Gasteiger partial charge in [-0.05, 0) is 38.1 Å².